The first-order chi connectivity index (χ1) is 13.5. The molecule has 0 bridgehead atoms. The number of amides is 1. The Kier molecular flexibility index (Phi) is 5.99. The second-order valence-corrected chi connectivity index (χ2v) is 7.57. The fourth-order valence-corrected chi connectivity index (χ4v) is 3.93. The second-order valence-electron chi connectivity index (χ2n) is 7.57. The molecule has 0 aliphatic heterocycles. The Morgan fingerprint density at radius 3 is 2.54 bits per heavy atom. The fourth-order valence-electron chi connectivity index (χ4n) is 3.93. The molecule has 0 heterocycles. The molecular formula is C23H25FN2O2. The zero-order valence-electron chi connectivity index (χ0n) is 16.3. The standard InChI is InChI=1S/C23H25FN2O2/c1-16(2)28-21-11-10-18(14-17(21)15-25)26-22(27)23(12-6-3-7-13-23)19-8-4-5-9-20(19)24/h4-5,8-11,14,16H,3,6-7,12-13H2,1-2H3,(H,26,27). The smallest absolute Gasteiger partial charge is 0.235 e. The van der Waals surface area contributed by atoms with Crippen molar-refractivity contribution < 1.29 is 13.9 Å². The normalized spacial score (nSPS) is 15.7. The van der Waals surface area contributed by atoms with Crippen LogP contribution in [0.5, 0.6) is 5.75 Å². The van der Waals surface area contributed by atoms with Crippen molar-refractivity contribution in [2.45, 2.75) is 57.5 Å². The van der Waals surface area contributed by atoms with E-state index in [0.29, 0.717) is 35.4 Å². The number of nitrogens with one attached hydrogen (secondary N) is 1. The van der Waals surface area contributed by atoms with E-state index in [1.54, 1.807) is 36.4 Å². The Morgan fingerprint density at radius 2 is 1.89 bits per heavy atom. The number of hydrogen-bond donors (Lipinski definition) is 1. The maximum absolute atomic E-state index is 14.6. The summed E-state index contributed by atoms with van der Waals surface area (Å²) in [7, 11) is 0. The lowest BCUT2D eigenvalue weighted by atomic mass is 9.68. The van der Waals surface area contributed by atoms with E-state index in [-0.39, 0.29) is 17.8 Å². The number of carbonyl (C=O) groups is 1. The van der Waals surface area contributed by atoms with Crippen molar-refractivity contribution in [3.8, 4) is 11.8 Å². The SMILES string of the molecule is CC(C)Oc1ccc(NC(=O)C2(c3ccccc3F)CCCCC2)cc1C#N. The first kappa shape index (κ1) is 19.9. The Labute approximate surface area is 165 Å². The molecule has 0 spiro atoms. The van der Waals surface area contributed by atoms with E-state index in [0.717, 1.165) is 19.3 Å². The highest BCUT2D eigenvalue weighted by molar-refractivity contribution is 5.99. The van der Waals surface area contributed by atoms with Gasteiger partial charge in [0.25, 0.3) is 0 Å². The third-order valence-electron chi connectivity index (χ3n) is 5.25. The molecule has 5 heteroatoms. The number of ether oxygens (including phenoxy) is 1. The van der Waals surface area contributed by atoms with Gasteiger partial charge in [-0.3, -0.25) is 4.79 Å². The first-order valence-corrected chi connectivity index (χ1v) is 9.73. The van der Waals surface area contributed by atoms with Crippen LogP contribution in [0.3, 0.4) is 0 Å². The number of hydrogen-bond acceptors (Lipinski definition) is 3. The van der Waals surface area contributed by atoms with E-state index in [1.165, 1.54) is 6.07 Å². The summed E-state index contributed by atoms with van der Waals surface area (Å²) in [5, 5.41) is 12.3. The molecule has 1 fully saturated rings. The summed E-state index contributed by atoms with van der Waals surface area (Å²) in [4.78, 5) is 13.3. The lowest BCUT2D eigenvalue weighted by Crippen LogP contribution is -2.42. The molecule has 0 atom stereocenters. The van der Waals surface area contributed by atoms with E-state index in [2.05, 4.69) is 11.4 Å². The van der Waals surface area contributed by atoms with Crippen molar-refractivity contribution in [1.29, 1.82) is 5.26 Å². The van der Waals surface area contributed by atoms with Gasteiger partial charge in [-0.1, -0.05) is 37.5 Å². The van der Waals surface area contributed by atoms with Crippen molar-refractivity contribution in [2.24, 2.45) is 0 Å². The minimum absolute atomic E-state index is 0.0564. The molecule has 1 N–H and O–H groups in total. The zero-order valence-corrected chi connectivity index (χ0v) is 16.3. The lowest BCUT2D eigenvalue weighted by molar-refractivity contribution is -0.122. The third-order valence-corrected chi connectivity index (χ3v) is 5.25. The Morgan fingerprint density at radius 1 is 1.18 bits per heavy atom. The zero-order chi connectivity index (χ0) is 20.1. The minimum Gasteiger partial charge on any atom is -0.490 e. The maximum atomic E-state index is 14.6. The van der Waals surface area contributed by atoms with Gasteiger partial charge in [0.15, 0.2) is 0 Å². The molecule has 3 rings (SSSR count). The van der Waals surface area contributed by atoms with Crippen LogP contribution in [-0.2, 0) is 10.2 Å². The van der Waals surface area contributed by atoms with Crippen LogP contribution in [0.1, 0.15) is 57.1 Å². The Hall–Kier alpha value is -2.87. The van der Waals surface area contributed by atoms with E-state index >= 15 is 0 Å². The molecule has 2 aromatic rings. The monoisotopic (exact) mass is 380 g/mol. The average molecular weight is 380 g/mol. The molecule has 1 amide bonds. The van der Waals surface area contributed by atoms with Crippen LogP contribution < -0.4 is 10.1 Å². The van der Waals surface area contributed by atoms with Gasteiger partial charge in [0.05, 0.1) is 17.1 Å². The van der Waals surface area contributed by atoms with Crippen molar-refractivity contribution >= 4 is 11.6 Å². The lowest BCUT2D eigenvalue weighted by Gasteiger charge is -2.36. The number of anilines is 1. The molecule has 4 nitrogen and oxygen atoms in total. The highest BCUT2D eigenvalue weighted by Crippen LogP contribution is 2.41. The summed E-state index contributed by atoms with van der Waals surface area (Å²) in [5.41, 5.74) is 0.435. The molecule has 0 unspecified atom stereocenters. The van der Waals surface area contributed by atoms with Gasteiger partial charge in [0, 0.05) is 11.3 Å². The van der Waals surface area contributed by atoms with Gasteiger partial charge in [0.2, 0.25) is 5.91 Å². The first-order valence-electron chi connectivity index (χ1n) is 9.73. The molecule has 1 aliphatic carbocycles. The second kappa shape index (κ2) is 8.43. The molecule has 1 aliphatic rings. The predicted octanol–water partition coefficient (Wildman–Crippen LogP) is 5.33. The van der Waals surface area contributed by atoms with Gasteiger partial charge in [-0.05, 0) is 51.0 Å². The fraction of sp³-hybridized carbons (Fsp3) is 0.391. The van der Waals surface area contributed by atoms with E-state index in [4.69, 9.17) is 4.74 Å². The molecular weight excluding hydrogens is 355 g/mol. The molecule has 2 aromatic carbocycles. The largest absolute Gasteiger partial charge is 0.490 e. The van der Waals surface area contributed by atoms with Crippen molar-refractivity contribution in [2.75, 3.05) is 5.32 Å². The minimum atomic E-state index is -0.885. The average Bonchev–Trinajstić information content (AvgIpc) is 2.69. The summed E-state index contributed by atoms with van der Waals surface area (Å²) in [6.45, 7) is 3.77. The van der Waals surface area contributed by atoms with Crippen LogP contribution in [0.4, 0.5) is 10.1 Å². The Balaban J connectivity index is 1.91. The van der Waals surface area contributed by atoms with Crippen molar-refractivity contribution in [3.05, 3.63) is 59.4 Å². The van der Waals surface area contributed by atoms with Gasteiger partial charge < -0.3 is 10.1 Å². The molecule has 0 saturated heterocycles. The summed E-state index contributed by atoms with van der Waals surface area (Å²) in [6, 6.07) is 13.6. The molecule has 1 saturated carbocycles. The number of halogens is 1. The van der Waals surface area contributed by atoms with Gasteiger partial charge in [-0.25, -0.2) is 4.39 Å². The molecule has 0 radical (unpaired) electrons. The van der Waals surface area contributed by atoms with Crippen LogP contribution in [0.25, 0.3) is 0 Å². The van der Waals surface area contributed by atoms with E-state index < -0.39 is 5.41 Å². The van der Waals surface area contributed by atoms with Crippen molar-refractivity contribution in [3.63, 3.8) is 0 Å². The van der Waals surface area contributed by atoms with Crippen LogP contribution in [-0.4, -0.2) is 12.0 Å². The summed E-state index contributed by atoms with van der Waals surface area (Å²) >= 11 is 0. The predicted molar refractivity (Wildman–Crippen MR) is 107 cm³/mol. The maximum Gasteiger partial charge on any atom is 0.235 e. The molecule has 28 heavy (non-hydrogen) atoms. The summed E-state index contributed by atoms with van der Waals surface area (Å²) in [5.74, 6) is -0.0892. The topological polar surface area (TPSA) is 62.1 Å². The number of nitriles is 1. The van der Waals surface area contributed by atoms with Crippen LogP contribution >= 0.6 is 0 Å². The highest BCUT2D eigenvalue weighted by Gasteiger charge is 2.42. The number of benzene rings is 2. The number of nitrogens with zero attached hydrogens (tertiary/aromatic N) is 1. The number of carbonyl (C=O) groups excluding carboxylic acids is 1. The quantitative estimate of drug-likeness (QED) is 0.763. The Bertz CT molecular complexity index is 896. The van der Waals surface area contributed by atoms with Crippen LogP contribution in [0, 0.1) is 17.1 Å². The van der Waals surface area contributed by atoms with E-state index in [1.807, 2.05) is 13.8 Å². The summed E-state index contributed by atoms with van der Waals surface area (Å²) in [6.07, 6.45) is 3.97. The van der Waals surface area contributed by atoms with Gasteiger partial charge in [-0.15, -0.1) is 0 Å². The van der Waals surface area contributed by atoms with Gasteiger partial charge in [-0.2, -0.15) is 5.26 Å². The highest BCUT2D eigenvalue weighted by atomic mass is 19.1. The molecule has 0 aromatic heterocycles. The summed E-state index contributed by atoms with van der Waals surface area (Å²) < 4.78 is 20.2. The van der Waals surface area contributed by atoms with Crippen LogP contribution in [0.15, 0.2) is 42.5 Å². The van der Waals surface area contributed by atoms with E-state index in [9.17, 15) is 14.4 Å². The van der Waals surface area contributed by atoms with Gasteiger partial charge >= 0.3 is 0 Å². The van der Waals surface area contributed by atoms with Crippen molar-refractivity contribution in [1.82, 2.24) is 0 Å². The van der Waals surface area contributed by atoms with Gasteiger partial charge in [0.1, 0.15) is 17.6 Å². The third kappa shape index (κ3) is 4.01. The van der Waals surface area contributed by atoms with Crippen LogP contribution in [0.2, 0.25) is 0 Å². The number of rotatable bonds is 5. The molecule has 146 valence electrons.